The van der Waals surface area contributed by atoms with Gasteiger partial charge in [0.2, 0.25) is 5.54 Å². The molecule has 10 heavy (non-hydrogen) atoms. The van der Waals surface area contributed by atoms with Crippen molar-refractivity contribution in [2.45, 2.75) is 5.54 Å². The Morgan fingerprint density at radius 3 is 2.50 bits per heavy atom. The van der Waals surface area contributed by atoms with Crippen molar-refractivity contribution in [2.24, 2.45) is 5.73 Å². The first-order valence-electron chi connectivity index (χ1n) is 2.49. The number of carbonyl (C=O) groups is 2. The molecule has 1 atom stereocenters. The van der Waals surface area contributed by atoms with Gasteiger partial charge in [-0.05, 0) is 0 Å². The first kappa shape index (κ1) is 8.59. The van der Waals surface area contributed by atoms with Crippen molar-refractivity contribution in [3.05, 3.63) is 0 Å². The van der Waals surface area contributed by atoms with Crippen LogP contribution in [0.5, 0.6) is 0 Å². The van der Waals surface area contributed by atoms with E-state index in [1.54, 1.807) is 0 Å². The Morgan fingerprint density at radius 2 is 2.40 bits per heavy atom. The van der Waals surface area contributed by atoms with E-state index in [0.29, 0.717) is 0 Å². The van der Waals surface area contributed by atoms with Gasteiger partial charge in [-0.1, -0.05) is 0 Å². The summed E-state index contributed by atoms with van der Waals surface area (Å²) in [6, 6.07) is 1.38. The van der Waals surface area contributed by atoms with Crippen molar-refractivity contribution in [3.63, 3.8) is 0 Å². The minimum Gasteiger partial charge on any atom is -0.356 e. The molecular formula is C5H7N3O2. The van der Waals surface area contributed by atoms with Crippen molar-refractivity contribution >= 4 is 12.2 Å². The second-order valence-electron chi connectivity index (χ2n) is 1.68. The molecule has 0 aliphatic rings. The van der Waals surface area contributed by atoms with Crippen molar-refractivity contribution in [3.8, 4) is 6.07 Å². The molecule has 0 bridgehead atoms. The average molecular weight is 141 g/mol. The van der Waals surface area contributed by atoms with Crippen molar-refractivity contribution in [1.29, 1.82) is 5.26 Å². The van der Waals surface area contributed by atoms with E-state index in [1.807, 2.05) is 0 Å². The van der Waals surface area contributed by atoms with E-state index in [4.69, 9.17) is 11.0 Å². The molecule has 0 saturated heterocycles. The Bertz CT molecular complexity index is 196. The number of nitrogens with one attached hydrogen (secondary N) is 1. The number of nitriles is 1. The zero-order valence-electron chi connectivity index (χ0n) is 5.42. The second-order valence-corrected chi connectivity index (χ2v) is 1.68. The molecule has 1 amide bonds. The van der Waals surface area contributed by atoms with Crippen molar-refractivity contribution in [2.75, 3.05) is 7.05 Å². The monoisotopic (exact) mass is 141 g/mol. The summed E-state index contributed by atoms with van der Waals surface area (Å²) in [5, 5.41) is 10.3. The molecule has 3 N–H and O–H groups in total. The summed E-state index contributed by atoms with van der Waals surface area (Å²) in [6.45, 7) is 0. The van der Waals surface area contributed by atoms with Crippen LogP contribution in [0, 0.1) is 11.3 Å². The normalized spacial score (nSPS) is 14.5. The molecule has 0 aromatic carbocycles. The van der Waals surface area contributed by atoms with Crippen LogP contribution in [0.3, 0.4) is 0 Å². The van der Waals surface area contributed by atoms with E-state index in [2.05, 4.69) is 5.32 Å². The largest absolute Gasteiger partial charge is 0.356 e. The molecule has 0 aromatic rings. The third-order valence-electron chi connectivity index (χ3n) is 0.974. The van der Waals surface area contributed by atoms with Crippen molar-refractivity contribution in [1.82, 2.24) is 5.32 Å². The third kappa shape index (κ3) is 1.30. The predicted octanol–water partition coefficient (Wildman–Crippen LogP) is -1.85. The maximum atomic E-state index is 10.6. The lowest BCUT2D eigenvalue weighted by atomic mass is 10.1. The maximum Gasteiger partial charge on any atom is 0.262 e. The lowest BCUT2D eigenvalue weighted by molar-refractivity contribution is -0.128. The van der Waals surface area contributed by atoms with Gasteiger partial charge < -0.3 is 5.32 Å². The zero-order valence-corrected chi connectivity index (χ0v) is 5.42. The van der Waals surface area contributed by atoms with Crippen LogP contribution in [0.15, 0.2) is 0 Å². The van der Waals surface area contributed by atoms with E-state index < -0.39 is 11.4 Å². The van der Waals surface area contributed by atoms with Gasteiger partial charge in [0.05, 0.1) is 0 Å². The lowest BCUT2D eigenvalue weighted by Gasteiger charge is -2.09. The Balaban J connectivity index is 4.52. The number of nitrogens with two attached hydrogens (primary N) is 1. The molecule has 0 fully saturated rings. The van der Waals surface area contributed by atoms with Gasteiger partial charge in [0, 0.05) is 7.05 Å². The van der Waals surface area contributed by atoms with Gasteiger partial charge in [0.1, 0.15) is 6.07 Å². The smallest absolute Gasteiger partial charge is 0.262 e. The summed E-state index contributed by atoms with van der Waals surface area (Å²) in [7, 11) is 1.30. The summed E-state index contributed by atoms with van der Waals surface area (Å²) in [6.07, 6.45) is 0.103. The standard InChI is InChI=1S/C5H7N3O2/c1-8-4(10)5(7,2-6)3-9/h3H,7H2,1H3,(H,8,10). The number of carbonyl (C=O) groups excluding carboxylic acids is 2. The molecule has 5 heteroatoms. The first-order valence-corrected chi connectivity index (χ1v) is 2.49. The molecule has 0 aromatic heterocycles. The highest BCUT2D eigenvalue weighted by Gasteiger charge is 2.32. The van der Waals surface area contributed by atoms with Gasteiger partial charge in [0.25, 0.3) is 5.91 Å². The molecule has 5 nitrogen and oxygen atoms in total. The molecule has 1 unspecified atom stereocenters. The maximum absolute atomic E-state index is 10.6. The minimum absolute atomic E-state index is 0.103. The quantitative estimate of drug-likeness (QED) is 0.348. The molecule has 54 valence electrons. The molecule has 0 radical (unpaired) electrons. The molecule has 0 aliphatic carbocycles. The summed E-state index contributed by atoms with van der Waals surface area (Å²) in [5.74, 6) is -0.801. The highest BCUT2D eigenvalue weighted by molar-refractivity contribution is 6.04. The van der Waals surface area contributed by atoms with Crippen LogP contribution in [0.25, 0.3) is 0 Å². The molecule has 0 heterocycles. The number of aldehydes is 1. The van der Waals surface area contributed by atoms with E-state index >= 15 is 0 Å². The van der Waals surface area contributed by atoms with Crippen molar-refractivity contribution < 1.29 is 9.59 Å². The Kier molecular flexibility index (Phi) is 2.52. The molecular weight excluding hydrogens is 134 g/mol. The summed E-state index contributed by atoms with van der Waals surface area (Å²) >= 11 is 0. The third-order valence-corrected chi connectivity index (χ3v) is 0.974. The number of amides is 1. The van der Waals surface area contributed by atoms with Crippen LogP contribution in [0.1, 0.15) is 0 Å². The van der Waals surface area contributed by atoms with Gasteiger partial charge in [0.15, 0.2) is 6.29 Å². The van der Waals surface area contributed by atoms with Gasteiger partial charge in [-0.25, -0.2) is 0 Å². The van der Waals surface area contributed by atoms with Crippen LogP contribution in [0.4, 0.5) is 0 Å². The number of nitrogens with zero attached hydrogens (tertiary/aromatic N) is 1. The van der Waals surface area contributed by atoms with Crippen LogP contribution in [-0.4, -0.2) is 24.8 Å². The number of rotatable bonds is 2. The highest BCUT2D eigenvalue weighted by Crippen LogP contribution is 1.91. The highest BCUT2D eigenvalue weighted by atomic mass is 16.2. The summed E-state index contributed by atoms with van der Waals surface area (Å²) < 4.78 is 0. The molecule has 0 spiro atoms. The molecule has 0 aliphatic heterocycles. The molecule has 0 saturated carbocycles. The minimum atomic E-state index is -2.03. The average Bonchev–Trinajstić information content (AvgIpc) is 2.01. The molecule has 0 rings (SSSR count). The Labute approximate surface area is 57.8 Å². The number of hydrogen-bond donors (Lipinski definition) is 2. The fourth-order valence-electron chi connectivity index (χ4n) is 0.337. The Hall–Kier alpha value is -1.41. The van der Waals surface area contributed by atoms with Gasteiger partial charge in [-0.3, -0.25) is 15.3 Å². The van der Waals surface area contributed by atoms with E-state index in [9.17, 15) is 9.59 Å². The fourth-order valence-corrected chi connectivity index (χ4v) is 0.337. The van der Waals surface area contributed by atoms with Gasteiger partial charge in [-0.15, -0.1) is 0 Å². The number of likely N-dealkylation sites (N-methyl/N-ethyl adjacent to an activating group) is 1. The zero-order chi connectivity index (χ0) is 8.20. The summed E-state index contributed by atoms with van der Waals surface area (Å²) in [4.78, 5) is 20.7. The number of hydrogen-bond acceptors (Lipinski definition) is 4. The Morgan fingerprint density at radius 1 is 1.90 bits per heavy atom. The SMILES string of the molecule is CNC(=O)C(N)(C#N)C=O. The van der Waals surface area contributed by atoms with E-state index in [0.717, 1.165) is 0 Å². The first-order chi connectivity index (χ1) is 4.60. The van der Waals surface area contributed by atoms with Gasteiger partial charge >= 0.3 is 0 Å². The van der Waals surface area contributed by atoms with Gasteiger partial charge in [-0.2, -0.15) is 5.26 Å². The lowest BCUT2D eigenvalue weighted by Crippen LogP contribution is -2.53. The second kappa shape index (κ2) is 2.94. The van der Waals surface area contributed by atoms with Crippen LogP contribution >= 0.6 is 0 Å². The van der Waals surface area contributed by atoms with E-state index in [-0.39, 0.29) is 6.29 Å². The summed E-state index contributed by atoms with van der Waals surface area (Å²) in [5.41, 5.74) is 2.98. The van der Waals surface area contributed by atoms with Crippen LogP contribution in [-0.2, 0) is 9.59 Å². The fraction of sp³-hybridized carbons (Fsp3) is 0.400. The predicted molar refractivity (Wildman–Crippen MR) is 32.7 cm³/mol. The van der Waals surface area contributed by atoms with E-state index in [1.165, 1.54) is 13.1 Å². The van der Waals surface area contributed by atoms with Crippen LogP contribution in [0.2, 0.25) is 0 Å². The van der Waals surface area contributed by atoms with Crippen LogP contribution < -0.4 is 11.1 Å². The topological polar surface area (TPSA) is 96.0 Å².